The van der Waals surface area contributed by atoms with E-state index in [-0.39, 0.29) is 5.91 Å². The molecule has 0 aromatic rings. The van der Waals surface area contributed by atoms with E-state index in [2.05, 4.69) is 10.6 Å². The molecular weight excluding hydrogens is 214 g/mol. The van der Waals surface area contributed by atoms with Crippen LogP contribution in [0.3, 0.4) is 0 Å². The number of nitrogens with one attached hydrogen (secondary N) is 2. The van der Waals surface area contributed by atoms with Crippen LogP contribution in [0.15, 0.2) is 0 Å². The minimum atomic E-state index is -1.11. The van der Waals surface area contributed by atoms with Crippen LogP contribution in [0, 0.1) is 0 Å². The molecule has 1 aliphatic rings. The first-order valence-electron chi connectivity index (χ1n) is 5.04. The van der Waals surface area contributed by atoms with Gasteiger partial charge in [-0.25, -0.2) is 4.79 Å². The van der Waals surface area contributed by atoms with Gasteiger partial charge in [-0.3, -0.25) is 9.59 Å². The van der Waals surface area contributed by atoms with E-state index in [0.717, 1.165) is 6.42 Å². The van der Waals surface area contributed by atoms with Gasteiger partial charge in [0, 0.05) is 13.6 Å². The molecule has 0 aliphatic carbocycles. The number of aliphatic carboxylic acids is 1. The molecule has 0 saturated carbocycles. The van der Waals surface area contributed by atoms with Crippen LogP contribution >= 0.6 is 0 Å². The van der Waals surface area contributed by atoms with Crippen LogP contribution in [0.25, 0.3) is 0 Å². The van der Waals surface area contributed by atoms with Crippen molar-refractivity contribution in [2.24, 2.45) is 0 Å². The molecule has 0 radical (unpaired) electrons. The normalized spacial score (nSPS) is 19.3. The van der Waals surface area contributed by atoms with Gasteiger partial charge in [-0.1, -0.05) is 0 Å². The Morgan fingerprint density at radius 2 is 2.12 bits per heavy atom. The zero-order valence-corrected chi connectivity index (χ0v) is 9.02. The minimum absolute atomic E-state index is 0.219. The van der Waals surface area contributed by atoms with Gasteiger partial charge in [0.05, 0.1) is 0 Å². The lowest BCUT2D eigenvalue weighted by Gasteiger charge is -2.23. The van der Waals surface area contributed by atoms with Crippen molar-refractivity contribution in [1.29, 1.82) is 0 Å². The molecule has 1 aliphatic heterocycles. The van der Waals surface area contributed by atoms with Crippen molar-refractivity contribution < 1.29 is 19.5 Å². The summed E-state index contributed by atoms with van der Waals surface area (Å²) in [4.78, 5) is 34.6. The number of carboxylic acid groups (broad SMARTS) is 1. The second-order valence-corrected chi connectivity index (χ2v) is 3.52. The number of carbonyl (C=O) groups is 3. The predicted octanol–water partition coefficient (Wildman–Crippen LogP) is -1.01. The number of nitrogens with zero attached hydrogens (tertiary/aromatic N) is 1. The van der Waals surface area contributed by atoms with Crippen molar-refractivity contribution in [2.75, 3.05) is 20.1 Å². The number of carboxylic acids is 1. The first kappa shape index (κ1) is 12.3. The number of urea groups is 1. The molecule has 7 heteroatoms. The summed E-state index contributed by atoms with van der Waals surface area (Å²) in [7, 11) is 1.51. The van der Waals surface area contributed by atoms with E-state index >= 15 is 0 Å². The van der Waals surface area contributed by atoms with E-state index in [1.807, 2.05) is 0 Å². The fourth-order valence-electron chi connectivity index (χ4n) is 1.70. The molecular formula is C9H15N3O4. The van der Waals surface area contributed by atoms with Crippen LogP contribution < -0.4 is 10.6 Å². The molecule has 0 aromatic carbocycles. The molecule has 7 nitrogen and oxygen atoms in total. The van der Waals surface area contributed by atoms with Crippen LogP contribution in [0.1, 0.15) is 12.8 Å². The summed E-state index contributed by atoms with van der Waals surface area (Å²) in [6, 6.07) is -0.993. The molecule has 0 aromatic heterocycles. The number of likely N-dealkylation sites (N-methyl/N-ethyl adjacent to an activating group) is 1. The van der Waals surface area contributed by atoms with Crippen molar-refractivity contribution >= 4 is 17.9 Å². The number of rotatable bonds is 3. The van der Waals surface area contributed by atoms with Gasteiger partial charge < -0.3 is 20.6 Å². The number of hydrogen-bond donors (Lipinski definition) is 3. The summed E-state index contributed by atoms with van der Waals surface area (Å²) in [5.41, 5.74) is 0. The largest absolute Gasteiger partial charge is 0.480 e. The highest BCUT2D eigenvalue weighted by Crippen LogP contribution is 2.16. The topological polar surface area (TPSA) is 98.7 Å². The number of likely N-dealkylation sites (tertiary alicyclic amines) is 1. The van der Waals surface area contributed by atoms with Gasteiger partial charge in [-0.05, 0) is 12.8 Å². The van der Waals surface area contributed by atoms with Crippen molar-refractivity contribution in [3.8, 4) is 0 Å². The van der Waals surface area contributed by atoms with E-state index in [4.69, 9.17) is 5.11 Å². The SMILES string of the molecule is CNC(=O)C1CCCN1C(=O)NCC(=O)O. The van der Waals surface area contributed by atoms with Gasteiger partial charge in [0.25, 0.3) is 0 Å². The molecule has 1 saturated heterocycles. The molecule has 3 N–H and O–H groups in total. The van der Waals surface area contributed by atoms with Gasteiger partial charge in [0.1, 0.15) is 12.6 Å². The molecule has 0 bridgehead atoms. The first-order chi connectivity index (χ1) is 7.56. The molecule has 3 amide bonds. The highest BCUT2D eigenvalue weighted by atomic mass is 16.4. The first-order valence-corrected chi connectivity index (χ1v) is 5.04. The van der Waals surface area contributed by atoms with E-state index in [1.54, 1.807) is 0 Å². The van der Waals surface area contributed by atoms with Crippen molar-refractivity contribution in [3.05, 3.63) is 0 Å². The molecule has 1 heterocycles. The summed E-state index contributed by atoms with van der Waals surface area (Å²) in [5, 5.41) is 13.1. The average molecular weight is 229 g/mol. The van der Waals surface area contributed by atoms with Crippen LogP contribution in [0.5, 0.6) is 0 Å². The van der Waals surface area contributed by atoms with E-state index < -0.39 is 24.6 Å². The van der Waals surface area contributed by atoms with Crippen LogP contribution in [0.2, 0.25) is 0 Å². The summed E-state index contributed by atoms with van der Waals surface area (Å²) >= 11 is 0. The molecule has 1 fully saturated rings. The molecule has 1 atom stereocenters. The van der Waals surface area contributed by atoms with Gasteiger partial charge in [-0.15, -0.1) is 0 Å². The number of hydrogen-bond acceptors (Lipinski definition) is 3. The van der Waals surface area contributed by atoms with Crippen molar-refractivity contribution in [2.45, 2.75) is 18.9 Å². The Balaban J connectivity index is 2.54. The smallest absolute Gasteiger partial charge is 0.323 e. The average Bonchev–Trinajstić information content (AvgIpc) is 2.73. The fraction of sp³-hybridized carbons (Fsp3) is 0.667. The quantitative estimate of drug-likeness (QED) is 0.577. The summed E-state index contributed by atoms with van der Waals surface area (Å²) in [5.74, 6) is -1.33. The second kappa shape index (κ2) is 5.34. The summed E-state index contributed by atoms with van der Waals surface area (Å²) < 4.78 is 0. The molecule has 1 unspecified atom stereocenters. The molecule has 16 heavy (non-hydrogen) atoms. The van der Waals surface area contributed by atoms with E-state index in [1.165, 1.54) is 11.9 Å². The third-order valence-electron chi connectivity index (χ3n) is 2.45. The maximum absolute atomic E-state index is 11.6. The second-order valence-electron chi connectivity index (χ2n) is 3.52. The number of amides is 3. The zero-order chi connectivity index (χ0) is 12.1. The van der Waals surface area contributed by atoms with Gasteiger partial charge in [0.15, 0.2) is 0 Å². The van der Waals surface area contributed by atoms with Gasteiger partial charge in [-0.2, -0.15) is 0 Å². The molecule has 0 spiro atoms. The standard InChI is InChI=1S/C9H15N3O4/c1-10-8(15)6-3-2-4-12(6)9(16)11-5-7(13)14/h6H,2-5H2,1H3,(H,10,15)(H,11,16)(H,13,14). The summed E-state index contributed by atoms with van der Waals surface area (Å²) in [6.45, 7) is 0.0410. The highest BCUT2D eigenvalue weighted by molar-refractivity contribution is 5.88. The Kier molecular flexibility index (Phi) is 4.10. The fourth-order valence-corrected chi connectivity index (χ4v) is 1.70. The van der Waals surface area contributed by atoms with E-state index in [9.17, 15) is 14.4 Å². The Morgan fingerprint density at radius 3 is 2.69 bits per heavy atom. The third kappa shape index (κ3) is 2.85. The lowest BCUT2D eigenvalue weighted by Crippen LogP contribution is -2.49. The zero-order valence-electron chi connectivity index (χ0n) is 9.02. The Labute approximate surface area is 92.8 Å². The van der Waals surface area contributed by atoms with E-state index in [0.29, 0.717) is 13.0 Å². The third-order valence-corrected chi connectivity index (χ3v) is 2.45. The highest BCUT2D eigenvalue weighted by Gasteiger charge is 2.33. The maximum atomic E-state index is 11.6. The minimum Gasteiger partial charge on any atom is -0.480 e. The molecule has 1 rings (SSSR count). The van der Waals surface area contributed by atoms with Gasteiger partial charge in [0.2, 0.25) is 5.91 Å². The Hall–Kier alpha value is -1.79. The lowest BCUT2D eigenvalue weighted by molar-refractivity contribution is -0.135. The van der Waals surface area contributed by atoms with Crippen molar-refractivity contribution in [3.63, 3.8) is 0 Å². The predicted molar refractivity (Wildman–Crippen MR) is 54.8 cm³/mol. The lowest BCUT2D eigenvalue weighted by atomic mass is 10.2. The Bertz CT molecular complexity index is 305. The van der Waals surface area contributed by atoms with Gasteiger partial charge >= 0.3 is 12.0 Å². The Morgan fingerprint density at radius 1 is 1.44 bits per heavy atom. The number of carbonyl (C=O) groups excluding carboxylic acids is 2. The van der Waals surface area contributed by atoms with Crippen LogP contribution in [-0.2, 0) is 9.59 Å². The van der Waals surface area contributed by atoms with Crippen LogP contribution in [0.4, 0.5) is 4.79 Å². The molecule has 90 valence electrons. The van der Waals surface area contributed by atoms with Crippen LogP contribution in [-0.4, -0.2) is 54.1 Å². The van der Waals surface area contributed by atoms with Crippen molar-refractivity contribution in [1.82, 2.24) is 15.5 Å². The maximum Gasteiger partial charge on any atom is 0.323 e. The monoisotopic (exact) mass is 229 g/mol. The summed E-state index contributed by atoms with van der Waals surface area (Å²) in [6.07, 6.45) is 1.36.